The van der Waals surface area contributed by atoms with Crippen LogP contribution < -0.4 is 10.5 Å². The van der Waals surface area contributed by atoms with Gasteiger partial charge in [-0.2, -0.15) is 5.06 Å². The largest absolute Gasteiger partial charge is 0.422 e. The summed E-state index contributed by atoms with van der Waals surface area (Å²) < 4.78 is 19.4. The fourth-order valence-corrected chi connectivity index (χ4v) is 4.02. The normalized spacial score (nSPS) is 24.1. The number of hydroxylamine groups is 2. The number of alkyl halides is 1. The average Bonchev–Trinajstić information content (AvgIpc) is 3.20. The van der Waals surface area contributed by atoms with Crippen molar-refractivity contribution in [2.75, 3.05) is 6.54 Å². The number of hydrogen-bond donors (Lipinski definition) is 1. The fourth-order valence-electron chi connectivity index (χ4n) is 4.02. The molecule has 0 spiro atoms. The molecule has 1 saturated heterocycles. The molecule has 0 radical (unpaired) electrons. The lowest BCUT2D eigenvalue weighted by Crippen LogP contribution is -2.48. The van der Waals surface area contributed by atoms with Gasteiger partial charge in [0.15, 0.2) is 0 Å². The van der Waals surface area contributed by atoms with E-state index < -0.39 is 36.3 Å². The van der Waals surface area contributed by atoms with Gasteiger partial charge < -0.3 is 15.4 Å². The monoisotopic (exact) mass is 389 g/mol. The molecule has 3 aliphatic rings. The molecule has 2 bridgehead atoms. The number of rotatable bonds is 5. The number of urea groups is 1. The number of nitrogens with two attached hydrogens (primary N) is 1. The summed E-state index contributed by atoms with van der Waals surface area (Å²) in [5.74, 6) is -1.71. The Morgan fingerprint density at radius 1 is 1.29 bits per heavy atom. The van der Waals surface area contributed by atoms with E-state index in [0.717, 1.165) is 29.9 Å². The van der Waals surface area contributed by atoms with Crippen molar-refractivity contribution >= 4 is 17.9 Å². The molecule has 28 heavy (non-hydrogen) atoms. The van der Waals surface area contributed by atoms with Gasteiger partial charge in [0.1, 0.15) is 11.8 Å². The molecule has 0 aromatic heterocycles. The number of halogens is 1. The summed E-state index contributed by atoms with van der Waals surface area (Å²) >= 11 is 0. The minimum Gasteiger partial charge on any atom is -0.422 e. The number of aryl methyl sites for hydroxylation is 2. The molecule has 2 heterocycles. The lowest BCUT2D eigenvalue weighted by atomic mass is 10.0. The number of esters is 1. The summed E-state index contributed by atoms with van der Waals surface area (Å²) in [6.07, 6.45) is 2.03. The van der Waals surface area contributed by atoms with E-state index in [9.17, 15) is 18.8 Å². The van der Waals surface area contributed by atoms with Crippen molar-refractivity contribution in [2.24, 2.45) is 5.73 Å². The Hall–Kier alpha value is -2.94. The molecule has 1 unspecified atom stereocenters. The van der Waals surface area contributed by atoms with Crippen LogP contribution in [0, 0.1) is 0 Å². The highest BCUT2D eigenvalue weighted by Gasteiger charge is 2.48. The van der Waals surface area contributed by atoms with Crippen molar-refractivity contribution in [2.45, 2.75) is 44.6 Å². The summed E-state index contributed by atoms with van der Waals surface area (Å²) in [5.41, 5.74) is 8.19. The molecule has 4 rings (SSSR count). The Morgan fingerprint density at radius 2 is 2.04 bits per heavy atom. The first kappa shape index (κ1) is 18.4. The van der Waals surface area contributed by atoms with E-state index in [-0.39, 0.29) is 12.3 Å². The van der Waals surface area contributed by atoms with E-state index in [2.05, 4.69) is 0 Å². The Bertz CT molecular complexity index is 886. The number of ether oxygens (including phenoxy) is 1. The van der Waals surface area contributed by atoms with Crippen molar-refractivity contribution in [3.8, 4) is 5.75 Å². The van der Waals surface area contributed by atoms with Crippen LogP contribution in [-0.2, 0) is 27.3 Å². The molecule has 1 aromatic carbocycles. The van der Waals surface area contributed by atoms with Crippen LogP contribution in [-0.4, -0.2) is 52.9 Å². The Morgan fingerprint density at radius 3 is 2.79 bits per heavy atom. The first-order valence-electron chi connectivity index (χ1n) is 9.07. The molecule has 1 aromatic rings. The van der Waals surface area contributed by atoms with Gasteiger partial charge in [0.25, 0.3) is 0 Å². The van der Waals surface area contributed by atoms with Crippen LogP contribution in [0.15, 0.2) is 29.8 Å². The van der Waals surface area contributed by atoms with Crippen molar-refractivity contribution in [3.05, 3.63) is 41.0 Å². The summed E-state index contributed by atoms with van der Waals surface area (Å²) in [7, 11) is 0. The molecule has 9 heteroatoms. The maximum Gasteiger partial charge on any atom is 0.376 e. The SMILES string of the molecule is CC1=CC2CN(C(=O)N2O[C@H](F)C(=O)Oc2ccc3c(c2)CCC3)[C@@H]1C(N)=O. The van der Waals surface area contributed by atoms with Crippen molar-refractivity contribution in [1.29, 1.82) is 0 Å². The number of hydrogen-bond acceptors (Lipinski definition) is 5. The molecule has 0 saturated carbocycles. The molecule has 2 N–H and O–H groups in total. The fraction of sp³-hybridized carbons (Fsp3) is 0.421. The zero-order chi connectivity index (χ0) is 20.0. The number of carbonyl (C=O) groups is 3. The molecule has 148 valence electrons. The number of nitrogens with zero attached hydrogens (tertiary/aromatic N) is 2. The van der Waals surface area contributed by atoms with Crippen LogP contribution in [0.5, 0.6) is 5.75 Å². The number of carbonyl (C=O) groups excluding carboxylic acids is 3. The summed E-state index contributed by atoms with van der Waals surface area (Å²) in [5, 5.41) is 0.751. The third kappa shape index (κ3) is 3.11. The number of fused-ring (bicyclic) bond motifs is 3. The summed E-state index contributed by atoms with van der Waals surface area (Å²) in [4.78, 5) is 42.3. The molecule has 3 atom stereocenters. The van der Waals surface area contributed by atoms with Gasteiger partial charge in [0.2, 0.25) is 5.91 Å². The molecular formula is C19H20FN3O5. The highest BCUT2D eigenvalue weighted by Crippen LogP contribution is 2.30. The maximum atomic E-state index is 14.4. The maximum absolute atomic E-state index is 14.4. The Labute approximate surface area is 160 Å². The van der Waals surface area contributed by atoms with E-state index in [1.165, 1.54) is 10.5 Å². The second kappa shape index (κ2) is 6.90. The summed E-state index contributed by atoms with van der Waals surface area (Å²) in [6, 6.07) is 2.93. The minimum absolute atomic E-state index is 0.121. The predicted molar refractivity (Wildman–Crippen MR) is 94.6 cm³/mol. The molecule has 1 fully saturated rings. The van der Waals surface area contributed by atoms with Crippen molar-refractivity contribution in [1.82, 2.24) is 9.96 Å². The van der Waals surface area contributed by atoms with Crippen molar-refractivity contribution in [3.63, 3.8) is 0 Å². The third-order valence-corrected chi connectivity index (χ3v) is 5.27. The standard InChI is InChI=1S/C19H20FN3O5/c1-10-7-13-9-22(15(10)17(21)24)19(26)23(13)28-16(20)18(25)27-14-6-5-11-3-2-4-12(11)8-14/h5-8,13,15-16H,2-4,9H2,1H3,(H2,21,24)/t13?,15-,16-/m0/s1. The zero-order valence-electron chi connectivity index (χ0n) is 15.3. The van der Waals surface area contributed by atoms with E-state index in [1.54, 1.807) is 25.1 Å². The molecular weight excluding hydrogens is 369 g/mol. The lowest BCUT2D eigenvalue weighted by Gasteiger charge is -2.27. The first-order valence-corrected chi connectivity index (χ1v) is 9.07. The highest BCUT2D eigenvalue weighted by atomic mass is 19.1. The topological polar surface area (TPSA) is 102 Å². The van der Waals surface area contributed by atoms with Crippen LogP contribution in [0.4, 0.5) is 9.18 Å². The molecule has 2 aliphatic heterocycles. The highest BCUT2D eigenvalue weighted by molar-refractivity contribution is 5.90. The lowest BCUT2D eigenvalue weighted by molar-refractivity contribution is -0.217. The third-order valence-electron chi connectivity index (χ3n) is 5.27. The van der Waals surface area contributed by atoms with Gasteiger partial charge in [0, 0.05) is 0 Å². The van der Waals surface area contributed by atoms with Crippen molar-refractivity contribution < 1.29 is 28.3 Å². The molecule has 8 nitrogen and oxygen atoms in total. The van der Waals surface area contributed by atoms with Gasteiger partial charge >= 0.3 is 18.4 Å². The quantitative estimate of drug-likeness (QED) is 0.464. The van der Waals surface area contributed by atoms with Gasteiger partial charge in [-0.3, -0.25) is 4.79 Å². The number of benzene rings is 1. The van der Waals surface area contributed by atoms with Crippen LogP contribution in [0.2, 0.25) is 0 Å². The van der Waals surface area contributed by atoms with E-state index in [4.69, 9.17) is 15.3 Å². The van der Waals surface area contributed by atoms with Crippen LogP contribution >= 0.6 is 0 Å². The van der Waals surface area contributed by atoms with Gasteiger partial charge in [-0.15, -0.1) is 0 Å². The predicted octanol–water partition coefficient (Wildman–Crippen LogP) is 1.23. The second-order valence-electron chi connectivity index (χ2n) is 7.17. The van der Waals surface area contributed by atoms with Gasteiger partial charge in [-0.1, -0.05) is 12.1 Å². The molecule has 3 amide bonds. The Balaban J connectivity index is 1.42. The molecule has 1 aliphatic carbocycles. The average molecular weight is 389 g/mol. The smallest absolute Gasteiger partial charge is 0.376 e. The second-order valence-corrected chi connectivity index (χ2v) is 7.17. The Kier molecular flexibility index (Phi) is 4.54. The van der Waals surface area contributed by atoms with Crippen LogP contribution in [0.3, 0.4) is 0 Å². The van der Waals surface area contributed by atoms with E-state index in [0.29, 0.717) is 5.57 Å². The van der Waals surface area contributed by atoms with Crippen LogP contribution in [0.25, 0.3) is 0 Å². The minimum atomic E-state index is -2.49. The van der Waals surface area contributed by atoms with E-state index >= 15 is 0 Å². The number of primary amides is 1. The van der Waals surface area contributed by atoms with Gasteiger partial charge in [-0.25, -0.2) is 18.8 Å². The van der Waals surface area contributed by atoms with E-state index in [1.807, 2.05) is 6.07 Å². The zero-order valence-corrected chi connectivity index (χ0v) is 15.3. The van der Waals surface area contributed by atoms with Gasteiger partial charge in [0.05, 0.1) is 12.6 Å². The first-order chi connectivity index (χ1) is 13.3. The van der Waals surface area contributed by atoms with Gasteiger partial charge in [-0.05, 0) is 55.0 Å². The van der Waals surface area contributed by atoms with Crippen LogP contribution in [0.1, 0.15) is 24.5 Å². The number of amides is 3. The summed E-state index contributed by atoms with van der Waals surface area (Å²) in [6.45, 7) is 1.77.